The summed E-state index contributed by atoms with van der Waals surface area (Å²) in [7, 11) is 0. The van der Waals surface area contributed by atoms with Gasteiger partial charge >= 0.3 is 5.97 Å². The van der Waals surface area contributed by atoms with E-state index in [2.05, 4.69) is 5.10 Å². The maximum absolute atomic E-state index is 12.4. The van der Waals surface area contributed by atoms with Crippen molar-refractivity contribution < 1.29 is 15.0 Å². The second kappa shape index (κ2) is 4.80. The maximum atomic E-state index is 12.4. The number of carboxylic acid groups (broad SMARTS) is 1. The molecule has 0 atom stereocenters. The van der Waals surface area contributed by atoms with Crippen LogP contribution in [0.15, 0.2) is 16.9 Å². The molecule has 3 heterocycles. The number of hydrogen-bond acceptors (Lipinski definition) is 5. The number of carboxylic acids is 1. The third kappa shape index (κ3) is 2.29. The largest absolute Gasteiger partial charge is 0.480 e. The Labute approximate surface area is 133 Å². The normalized spacial score (nSPS) is 12.4. The molecule has 0 bridgehead atoms. The fourth-order valence-electron chi connectivity index (χ4n) is 2.32. The first-order valence-corrected chi connectivity index (χ1v) is 7.54. The van der Waals surface area contributed by atoms with Crippen molar-refractivity contribution in [2.45, 2.75) is 26.0 Å². The number of aliphatic carboxylic acids is 1. The Morgan fingerprint density at radius 2 is 2.09 bits per heavy atom. The lowest BCUT2D eigenvalue weighted by Gasteiger charge is -2.19. The van der Waals surface area contributed by atoms with Crippen LogP contribution in [-0.2, 0) is 16.9 Å². The van der Waals surface area contributed by atoms with Crippen LogP contribution in [0.5, 0.6) is 0 Å². The van der Waals surface area contributed by atoms with Crippen molar-refractivity contribution >= 4 is 44.6 Å². The summed E-state index contributed by atoms with van der Waals surface area (Å²) in [5, 5.41) is 23.3. The summed E-state index contributed by atoms with van der Waals surface area (Å²) in [6.07, 6.45) is 0. The van der Waals surface area contributed by atoms with Crippen molar-refractivity contribution in [3.63, 3.8) is 0 Å². The van der Waals surface area contributed by atoms with Crippen LogP contribution in [0.25, 0.3) is 15.7 Å². The number of rotatable bonds is 3. The highest BCUT2D eigenvalue weighted by Crippen LogP contribution is 2.33. The first-order chi connectivity index (χ1) is 10.2. The summed E-state index contributed by atoms with van der Waals surface area (Å²) < 4.78 is 3.69. The zero-order valence-electron chi connectivity index (χ0n) is 11.7. The Morgan fingerprint density at radius 3 is 2.68 bits per heavy atom. The molecule has 9 heteroatoms. The van der Waals surface area contributed by atoms with E-state index in [0.29, 0.717) is 9.85 Å². The van der Waals surface area contributed by atoms with Crippen molar-refractivity contribution in [3.05, 3.63) is 32.6 Å². The SMILES string of the molecule is CC(C)(O)c1nn(CC(=O)O)c(=O)c2cc3sc(Cl)cc3n12. The summed E-state index contributed by atoms with van der Waals surface area (Å²) >= 11 is 7.29. The van der Waals surface area contributed by atoms with Gasteiger partial charge in [0, 0.05) is 0 Å². The molecule has 22 heavy (non-hydrogen) atoms. The molecular weight excluding hydrogens is 330 g/mol. The molecule has 2 N–H and O–H groups in total. The fourth-order valence-corrected chi connectivity index (χ4v) is 3.47. The minimum absolute atomic E-state index is 0.174. The van der Waals surface area contributed by atoms with Crippen LogP contribution in [-0.4, -0.2) is 30.4 Å². The van der Waals surface area contributed by atoms with Crippen LogP contribution in [0, 0.1) is 0 Å². The topological polar surface area (TPSA) is 96.8 Å². The molecule has 0 saturated carbocycles. The zero-order chi connectivity index (χ0) is 16.2. The standard InChI is InChI=1S/C13H12ClN3O4S/c1-13(2,21)12-15-16(5-10(18)19)11(20)7-3-8-6(17(7)12)4-9(14)22-8/h3-4,21H,5H2,1-2H3,(H,18,19). The molecule has 0 aromatic carbocycles. The Balaban J connectivity index is 2.48. The molecule has 3 aromatic heterocycles. The minimum Gasteiger partial charge on any atom is -0.480 e. The van der Waals surface area contributed by atoms with E-state index in [1.54, 1.807) is 12.1 Å². The summed E-state index contributed by atoms with van der Waals surface area (Å²) in [6.45, 7) is 2.46. The summed E-state index contributed by atoms with van der Waals surface area (Å²) in [5.74, 6) is -1.01. The van der Waals surface area contributed by atoms with E-state index in [1.165, 1.54) is 29.6 Å². The van der Waals surface area contributed by atoms with Gasteiger partial charge in [0.15, 0.2) is 5.82 Å². The Hall–Kier alpha value is -1.90. The van der Waals surface area contributed by atoms with Crippen molar-refractivity contribution in [1.29, 1.82) is 0 Å². The lowest BCUT2D eigenvalue weighted by molar-refractivity contribution is -0.138. The maximum Gasteiger partial charge on any atom is 0.325 e. The van der Waals surface area contributed by atoms with Gasteiger partial charge < -0.3 is 10.2 Å². The van der Waals surface area contributed by atoms with Crippen LogP contribution in [0.3, 0.4) is 0 Å². The molecule has 7 nitrogen and oxygen atoms in total. The number of aromatic nitrogens is 3. The van der Waals surface area contributed by atoms with E-state index in [1.807, 2.05) is 0 Å². The Bertz CT molecular complexity index is 964. The molecule has 0 saturated heterocycles. The first-order valence-electron chi connectivity index (χ1n) is 6.35. The van der Waals surface area contributed by atoms with Crippen LogP contribution < -0.4 is 5.56 Å². The number of fused-ring (bicyclic) bond motifs is 3. The number of nitrogens with zero attached hydrogens (tertiary/aromatic N) is 3. The molecule has 0 aliphatic carbocycles. The molecule has 0 unspecified atom stereocenters. The van der Waals surface area contributed by atoms with Gasteiger partial charge in [-0.15, -0.1) is 11.3 Å². The van der Waals surface area contributed by atoms with Crippen LogP contribution >= 0.6 is 22.9 Å². The third-order valence-electron chi connectivity index (χ3n) is 3.17. The van der Waals surface area contributed by atoms with Gasteiger partial charge in [0.05, 0.1) is 14.6 Å². The van der Waals surface area contributed by atoms with Crippen molar-refractivity contribution in [2.75, 3.05) is 0 Å². The van der Waals surface area contributed by atoms with E-state index < -0.39 is 23.7 Å². The quantitative estimate of drug-likeness (QED) is 0.755. The number of aliphatic hydroxyl groups is 1. The summed E-state index contributed by atoms with van der Waals surface area (Å²) in [6, 6.07) is 3.32. The Morgan fingerprint density at radius 1 is 1.41 bits per heavy atom. The van der Waals surface area contributed by atoms with Crippen molar-refractivity contribution in [3.8, 4) is 0 Å². The van der Waals surface area contributed by atoms with Crippen LogP contribution in [0.1, 0.15) is 19.7 Å². The smallest absolute Gasteiger partial charge is 0.325 e. The number of thiophene rings is 1. The van der Waals surface area contributed by atoms with E-state index in [0.717, 1.165) is 9.38 Å². The zero-order valence-corrected chi connectivity index (χ0v) is 13.3. The van der Waals surface area contributed by atoms with Gasteiger partial charge in [-0.25, -0.2) is 4.68 Å². The second-order valence-electron chi connectivity index (χ2n) is 5.40. The number of carbonyl (C=O) groups is 1. The van der Waals surface area contributed by atoms with Gasteiger partial charge in [0.1, 0.15) is 17.7 Å². The number of hydrogen-bond donors (Lipinski definition) is 2. The fraction of sp³-hybridized carbons (Fsp3) is 0.308. The lowest BCUT2D eigenvalue weighted by Crippen LogP contribution is -2.34. The van der Waals surface area contributed by atoms with Gasteiger partial charge in [-0.2, -0.15) is 5.10 Å². The van der Waals surface area contributed by atoms with Gasteiger partial charge in [-0.05, 0) is 26.0 Å². The molecule has 0 radical (unpaired) electrons. The minimum atomic E-state index is -1.37. The average molecular weight is 342 g/mol. The molecule has 3 rings (SSSR count). The second-order valence-corrected chi connectivity index (χ2v) is 7.12. The van der Waals surface area contributed by atoms with Crippen LogP contribution in [0.4, 0.5) is 0 Å². The molecule has 3 aromatic rings. The molecule has 116 valence electrons. The molecular formula is C13H12ClN3O4S. The highest BCUT2D eigenvalue weighted by Gasteiger charge is 2.26. The number of halogens is 1. The Kier molecular flexibility index (Phi) is 3.28. The molecule has 0 spiro atoms. The van der Waals surface area contributed by atoms with Crippen LogP contribution in [0.2, 0.25) is 4.34 Å². The molecule has 0 fully saturated rings. The predicted octanol–water partition coefficient (Wildman–Crippen LogP) is 1.68. The van der Waals surface area contributed by atoms with Gasteiger partial charge in [-0.3, -0.25) is 14.0 Å². The molecule has 0 aliphatic rings. The average Bonchev–Trinajstić information content (AvgIpc) is 2.87. The van der Waals surface area contributed by atoms with E-state index in [9.17, 15) is 14.7 Å². The molecule has 0 aliphatic heterocycles. The molecule has 0 amide bonds. The highest BCUT2D eigenvalue weighted by molar-refractivity contribution is 7.22. The van der Waals surface area contributed by atoms with Crippen molar-refractivity contribution in [2.24, 2.45) is 0 Å². The van der Waals surface area contributed by atoms with E-state index in [4.69, 9.17) is 16.7 Å². The van der Waals surface area contributed by atoms with E-state index >= 15 is 0 Å². The lowest BCUT2D eigenvalue weighted by atomic mass is 10.1. The van der Waals surface area contributed by atoms with E-state index in [-0.39, 0.29) is 11.3 Å². The van der Waals surface area contributed by atoms with Gasteiger partial charge in [-0.1, -0.05) is 11.6 Å². The highest BCUT2D eigenvalue weighted by atomic mass is 35.5. The first kappa shape index (κ1) is 15.0. The monoisotopic (exact) mass is 341 g/mol. The summed E-state index contributed by atoms with van der Waals surface area (Å²) in [5.41, 5.74) is -0.984. The third-order valence-corrected chi connectivity index (χ3v) is 4.37. The summed E-state index contributed by atoms with van der Waals surface area (Å²) in [4.78, 5) is 23.3. The van der Waals surface area contributed by atoms with Gasteiger partial charge in [0.2, 0.25) is 0 Å². The van der Waals surface area contributed by atoms with Crippen molar-refractivity contribution in [1.82, 2.24) is 14.2 Å². The predicted molar refractivity (Wildman–Crippen MR) is 82.7 cm³/mol. The van der Waals surface area contributed by atoms with Gasteiger partial charge in [0.25, 0.3) is 5.56 Å².